The Labute approximate surface area is 352 Å². The molecule has 0 atom stereocenters. The van der Waals surface area contributed by atoms with E-state index in [2.05, 4.69) is 28.7 Å². The van der Waals surface area contributed by atoms with Gasteiger partial charge >= 0.3 is 22.4 Å². The zero-order valence-electron chi connectivity index (χ0n) is 32.7. The second-order valence-electron chi connectivity index (χ2n) is 11.6. The summed E-state index contributed by atoms with van der Waals surface area (Å²) in [7, 11) is -6.00. The molecule has 0 aromatic heterocycles. The van der Waals surface area contributed by atoms with E-state index >= 15 is 0 Å². The highest BCUT2D eigenvalue weighted by Gasteiger charge is 2.25. The van der Waals surface area contributed by atoms with Gasteiger partial charge in [-0.25, -0.2) is 0 Å². The number of rotatable bonds is 16. The molecule has 1 aliphatic heterocycles. The molecule has 0 aliphatic carbocycles. The van der Waals surface area contributed by atoms with Crippen LogP contribution >= 0.6 is 45.8 Å². The Kier molecular flexibility index (Phi) is 25.0. The minimum Gasteiger partial charge on any atom is -0.494 e. The van der Waals surface area contributed by atoms with E-state index < -0.39 is 11.1 Å². The van der Waals surface area contributed by atoms with Gasteiger partial charge in [0.25, 0.3) is 0 Å². The number of benzene rings is 3. The second-order valence-corrected chi connectivity index (χ2v) is 15.6. The van der Waals surface area contributed by atoms with Crippen LogP contribution in [-0.4, -0.2) is 70.4 Å². The van der Waals surface area contributed by atoms with Crippen LogP contribution in [-0.2, 0) is 4.74 Å². The van der Waals surface area contributed by atoms with Crippen molar-refractivity contribution in [1.82, 2.24) is 0 Å². The Morgan fingerprint density at radius 2 is 1.09 bits per heavy atom. The fourth-order valence-corrected chi connectivity index (χ4v) is 4.85. The number of morpholine rings is 1. The quantitative estimate of drug-likeness (QED) is 0.0600. The van der Waals surface area contributed by atoms with Gasteiger partial charge in [-0.1, -0.05) is 38.8 Å². The highest BCUT2D eigenvalue weighted by atomic mass is 35.6. The Balaban J connectivity index is 0.000000461. The predicted octanol–water partition coefficient (Wildman–Crippen LogP) is 13.1. The molecule has 3 aromatic carbocycles. The largest absolute Gasteiger partial charge is 0.673 e. The molecule has 21 heteroatoms. The second kappa shape index (κ2) is 27.8. The molecule has 57 heavy (non-hydrogen) atoms. The highest BCUT2D eigenvalue weighted by molar-refractivity contribution is 7.81. The van der Waals surface area contributed by atoms with E-state index in [-0.39, 0.29) is 0 Å². The number of anilines is 1. The average Bonchev–Trinajstić information content (AvgIpc) is 3.15. The Bertz CT molecular complexity index is 1670. The number of diazo groups is 2. The van der Waals surface area contributed by atoms with Crippen molar-refractivity contribution < 1.29 is 45.7 Å². The lowest BCUT2D eigenvalue weighted by molar-refractivity contribution is 0.122. The summed E-state index contributed by atoms with van der Waals surface area (Å²) >= 11 is 19.6. The van der Waals surface area contributed by atoms with Crippen molar-refractivity contribution >= 4 is 74.0 Å². The lowest BCUT2D eigenvalue weighted by Crippen LogP contribution is -2.36. The molecule has 4 rings (SSSR count). The van der Waals surface area contributed by atoms with E-state index in [9.17, 15) is 22.7 Å². The summed E-state index contributed by atoms with van der Waals surface area (Å²) in [5.41, 5.74) is 3.60. The molecule has 0 amide bonds. The van der Waals surface area contributed by atoms with Crippen LogP contribution < -0.4 is 28.6 Å². The molecule has 1 fully saturated rings. The smallest absolute Gasteiger partial charge is 0.494 e. The van der Waals surface area contributed by atoms with Gasteiger partial charge in [-0.05, 0) is 51.3 Å². The third kappa shape index (κ3) is 22.1. The van der Waals surface area contributed by atoms with E-state index in [0.29, 0.717) is 74.9 Å². The number of halogens is 8. The van der Waals surface area contributed by atoms with Gasteiger partial charge in [-0.2, -0.15) is 0 Å². The maximum absolute atomic E-state index is 9.75. The van der Waals surface area contributed by atoms with Crippen LogP contribution in [0.2, 0.25) is 0 Å². The van der Waals surface area contributed by atoms with E-state index in [1.165, 1.54) is 0 Å². The van der Waals surface area contributed by atoms with Crippen LogP contribution in [0.3, 0.4) is 0 Å². The maximum atomic E-state index is 9.75. The lowest BCUT2D eigenvalue weighted by atomic mass is 10.0. The minimum atomic E-state index is -6.00. The molecule has 0 radical (unpaired) electrons. The van der Waals surface area contributed by atoms with E-state index in [0.717, 1.165) is 67.1 Å². The van der Waals surface area contributed by atoms with Crippen molar-refractivity contribution in [3.05, 3.63) is 58.5 Å². The van der Waals surface area contributed by atoms with Gasteiger partial charge in [0, 0.05) is 30.8 Å². The number of ether oxygens (including phenoxy) is 6. The number of nitrogens with zero attached hydrogens (tertiary/aromatic N) is 5. The topological polar surface area (TPSA) is 115 Å². The Morgan fingerprint density at radius 3 is 1.54 bits per heavy atom. The molecule has 1 aliphatic rings. The monoisotopic (exact) mass is 885 g/mol. The third-order valence-electron chi connectivity index (χ3n) is 7.26. The lowest BCUT2D eigenvalue weighted by Gasteiger charge is -2.30. The predicted molar refractivity (Wildman–Crippen MR) is 225 cm³/mol. The molecule has 316 valence electrons. The first-order chi connectivity index (χ1) is 27.0. The molecule has 0 unspecified atom stereocenters. The van der Waals surface area contributed by atoms with E-state index in [1.807, 2.05) is 57.2 Å². The fraction of sp³-hybridized carbons (Fsp3) is 0.500. The van der Waals surface area contributed by atoms with Crippen molar-refractivity contribution in [2.75, 3.05) is 64.2 Å². The van der Waals surface area contributed by atoms with Gasteiger partial charge in [0.1, 0.15) is 11.5 Å². The summed E-state index contributed by atoms with van der Waals surface area (Å²) in [6.07, 6.45) is 4.08. The molecule has 0 spiro atoms. The van der Waals surface area contributed by atoms with Crippen molar-refractivity contribution in [3.63, 3.8) is 0 Å². The molecule has 3 aromatic rings. The normalized spacial score (nSPS) is 12.2. The molecule has 0 N–H and O–H groups in total. The third-order valence-corrected chi connectivity index (χ3v) is 7.26. The summed E-state index contributed by atoms with van der Waals surface area (Å²) in [6.45, 7) is 15.9. The summed E-state index contributed by atoms with van der Waals surface area (Å²) in [4.78, 5) is 8.89. The zero-order chi connectivity index (χ0) is 42.9. The molecule has 0 bridgehead atoms. The molecule has 1 saturated heterocycles. The first-order valence-corrected chi connectivity index (χ1v) is 20.2. The van der Waals surface area contributed by atoms with Crippen LogP contribution in [0.15, 0.2) is 48.5 Å². The fourth-order valence-electron chi connectivity index (χ4n) is 4.85. The SMILES string of the molecule is CCCCOc1cc(N2CCOCC2)c(OCCCC)cc1[N+]#N.CCOc1ccc(-c2cc(OCC)c([N+]#N)cc2OCC)cc1.Cl[B-](Cl)(Cl)Cl.F[B-](F)(F)F. The van der Waals surface area contributed by atoms with Gasteiger partial charge in [0.05, 0.1) is 64.1 Å². The van der Waals surface area contributed by atoms with Crippen molar-refractivity contribution in [2.45, 2.75) is 60.3 Å². The summed E-state index contributed by atoms with van der Waals surface area (Å²) in [6, 6.07) is 15.0. The number of hydrogen-bond acceptors (Lipinski definition) is 9. The van der Waals surface area contributed by atoms with Crippen molar-refractivity contribution in [3.8, 4) is 39.9 Å². The Morgan fingerprint density at radius 1 is 0.649 bits per heavy atom. The minimum absolute atomic E-state index is 0.352. The van der Waals surface area contributed by atoms with E-state index in [4.69, 9.17) is 79.7 Å². The number of hydrogen-bond donors (Lipinski definition) is 0. The maximum Gasteiger partial charge on any atom is 0.673 e. The van der Waals surface area contributed by atoms with Gasteiger partial charge in [0.2, 0.25) is 22.3 Å². The average molecular weight is 887 g/mol. The molecular formula is C36H49B2Cl4F4N5O6. The summed E-state index contributed by atoms with van der Waals surface area (Å²) in [5.74, 6) is 3.31. The Hall–Kier alpha value is -3.73. The van der Waals surface area contributed by atoms with Gasteiger partial charge in [-0.15, -0.1) is 0 Å². The van der Waals surface area contributed by atoms with Crippen molar-refractivity contribution in [1.29, 1.82) is 10.8 Å². The van der Waals surface area contributed by atoms with Gasteiger partial charge < -0.3 is 96.4 Å². The first-order valence-electron chi connectivity index (χ1n) is 18.4. The first kappa shape index (κ1) is 51.3. The number of unbranched alkanes of at least 4 members (excludes halogenated alkanes) is 2. The van der Waals surface area contributed by atoms with Crippen LogP contribution in [0.4, 0.5) is 34.3 Å². The summed E-state index contributed by atoms with van der Waals surface area (Å²) < 4.78 is 70.8. The van der Waals surface area contributed by atoms with Crippen LogP contribution in [0.25, 0.3) is 21.1 Å². The zero-order valence-corrected chi connectivity index (χ0v) is 35.7. The van der Waals surface area contributed by atoms with Crippen LogP contribution in [0, 0.1) is 10.8 Å². The molecular weight excluding hydrogens is 838 g/mol. The van der Waals surface area contributed by atoms with Crippen LogP contribution in [0.1, 0.15) is 60.3 Å². The van der Waals surface area contributed by atoms with Crippen molar-refractivity contribution in [2.24, 2.45) is 0 Å². The van der Waals surface area contributed by atoms with E-state index in [1.54, 1.807) is 12.1 Å². The summed E-state index contributed by atoms with van der Waals surface area (Å²) in [5, 5.41) is 18.5. The van der Waals surface area contributed by atoms with Gasteiger partial charge in [0.15, 0.2) is 15.7 Å². The molecule has 11 nitrogen and oxygen atoms in total. The highest BCUT2D eigenvalue weighted by Crippen LogP contribution is 2.42. The van der Waals surface area contributed by atoms with Crippen LogP contribution in [0.5, 0.6) is 28.7 Å². The van der Waals surface area contributed by atoms with Gasteiger partial charge in [-0.3, -0.25) is 0 Å². The standard InChI is InChI=1S/C18H28N3O3.C18H21N2O3.BCl4.BF4/c1-3-5-9-23-17-14-16(21-7-11-22-12-8-21)18(13-15(17)20-19)24-10-6-4-2;1-4-21-14-9-7-13(8-10-14)15-11-18(23-6-3)16(20-19)12-17(15)22-5-2;2*2-1(3,4)5/h13-14H,3-12H2,1-2H3;7-12H,4-6H2,1-3H3;;/q2*+1;2*-1. The molecule has 0 saturated carbocycles. The molecule has 1 heterocycles.